The van der Waals surface area contributed by atoms with E-state index in [9.17, 15) is 18.0 Å². The minimum Gasteiger partial charge on any atom is -0.405 e. The first-order valence-corrected chi connectivity index (χ1v) is 5.64. The van der Waals surface area contributed by atoms with E-state index in [1.54, 1.807) is 5.38 Å². The maximum absolute atomic E-state index is 12.2. The van der Waals surface area contributed by atoms with Gasteiger partial charge >= 0.3 is 6.36 Å². The number of carbonyl (C=O) groups excluding carboxylic acids is 1. The van der Waals surface area contributed by atoms with Crippen LogP contribution < -0.4 is 4.74 Å². The molecule has 0 fully saturated rings. The molecule has 0 spiro atoms. The monoisotopic (exact) mass is 273 g/mol. The van der Waals surface area contributed by atoms with E-state index in [2.05, 4.69) is 9.72 Å². The number of ketones is 1. The second kappa shape index (κ2) is 4.77. The summed E-state index contributed by atoms with van der Waals surface area (Å²) in [5.41, 5.74) is -0.162. The lowest BCUT2D eigenvalue weighted by molar-refractivity contribution is -0.274. The molecule has 0 N–H and O–H groups in total. The molecule has 0 unspecified atom stereocenters. The van der Waals surface area contributed by atoms with Gasteiger partial charge in [-0.05, 0) is 12.1 Å². The normalized spacial score (nSPS) is 11.3. The van der Waals surface area contributed by atoms with Gasteiger partial charge in [0, 0.05) is 11.6 Å². The van der Waals surface area contributed by atoms with Crippen molar-refractivity contribution in [1.82, 2.24) is 4.98 Å². The first kappa shape index (κ1) is 12.6. The molecular formula is C11H6F3NO2S. The van der Waals surface area contributed by atoms with E-state index in [0.29, 0.717) is 0 Å². The first-order chi connectivity index (χ1) is 8.47. The summed E-state index contributed by atoms with van der Waals surface area (Å²) in [6.45, 7) is 0. The van der Waals surface area contributed by atoms with Gasteiger partial charge in [0.15, 0.2) is 5.01 Å². The zero-order valence-electron chi connectivity index (χ0n) is 8.77. The van der Waals surface area contributed by atoms with E-state index in [4.69, 9.17) is 0 Å². The van der Waals surface area contributed by atoms with Crippen LogP contribution in [0, 0.1) is 0 Å². The fraction of sp³-hybridized carbons (Fsp3) is 0.0909. The number of alkyl halides is 3. The van der Waals surface area contributed by atoms with Crippen LogP contribution in [-0.2, 0) is 0 Å². The summed E-state index contributed by atoms with van der Waals surface area (Å²) in [5.74, 6) is -1.12. The lowest BCUT2D eigenvalue weighted by atomic mass is 10.1. The molecule has 94 valence electrons. The zero-order valence-corrected chi connectivity index (χ0v) is 9.59. The maximum Gasteiger partial charge on any atom is 0.573 e. The molecule has 0 bridgehead atoms. The van der Waals surface area contributed by atoms with Gasteiger partial charge in [-0.3, -0.25) is 4.79 Å². The third kappa shape index (κ3) is 2.86. The van der Waals surface area contributed by atoms with Crippen molar-refractivity contribution in [2.24, 2.45) is 0 Å². The van der Waals surface area contributed by atoms with Crippen molar-refractivity contribution < 1.29 is 22.7 Å². The van der Waals surface area contributed by atoms with E-state index in [0.717, 1.165) is 17.4 Å². The lowest BCUT2D eigenvalue weighted by Gasteiger charge is -2.11. The predicted molar refractivity (Wildman–Crippen MR) is 58.7 cm³/mol. The van der Waals surface area contributed by atoms with Crippen molar-refractivity contribution in [3.63, 3.8) is 0 Å². The van der Waals surface area contributed by atoms with Crippen LogP contribution in [0.2, 0.25) is 0 Å². The average Bonchev–Trinajstić information content (AvgIpc) is 2.80. The van der Waals surface area contributed by atoms with Crippen molar-refractivity contribution in [2.45, 2.75) is 6.36 Å². The summed E-state index contributed by atoms with van der Waals surface area (Å²) in [5, 5.41) is 1.69. The van der Waals surface area contributed by atoms with Gasteiger partial charge in [-0.15, -0.1) is 24.5 Å². The van der Waals surface area contributed by atoms with Gasteiger partial charge in [0.05, 0.1) is 5.56 Å². The number of para-hydroxylation sites is 1. The van der Waals surface area contributed by atoms with Crippen molar-refractivity contribution in [3.8, 4) is 5.75 Å². The fourth-order valence-electron chi connectivity index (χ4n) is 1.32. The minimum absolute atomic E-state index is 0.119. The van der Waals surface area contributed by atoms with Crippen molar-refractivity contribution in [3.05, 3.63) is 46.4 Å². The quantitative estimate of drug-likeness (QED) is 0.806. The number of hydrogen-bond acceptors (Lipinski definition) is 4. The third-order valence-corrected chi connectivity index (χ3v) is 2.76. The number of rotatable bonds is 3. The van der Waals surface area contributed by atoms with Crippen LogP contribution in [0.1, 0.15) is 15.4 Å². The highest BCUT2D eigenvalue weighted by Gasteiger charge is 2.33. The summed E-state index contributed by atoms with van der Waals surface area (Å²) in [6, 6.07) is 5.18. The second-order valence-corrected chi connectivity index (χ2v) is 4.10. The number of aromatic nitrogens is 1. The fourth-order valence-corrected chi connectivity index (χ4v) is 1.91. The topological polar surface area (TPSA) is 39.2 Å². The van der Waals surface area contributed by atoms with Crippen LogP contribution in [-0.4, -0.2) is 17.1 Å². The third-order valence-electron chi connectivity index (χ3n) is 1.98. The SMILES string of the molecule is O=C(c1nccs1)c1ccccc1OC(F)(F)F. The largest absolute Gasteiger partial charge is 0.573 e. The first-order valence-electron chi connectivity index (χ1n) is 4.76. The summed E-state index contributed by atoms with van der Waals surface area (Å²) >= 11 is 1.06. The lowest BCUT2D eigenvalue weighted by Crippen LogP contribution is -2.19. The van der Waals surface area contributed by atoms with Crippen LogP contribution in [0.25, 0.3) is 0 Å². The van der Waals surface area contributed by atoms with Crippen LogP contribution in [0.3, 0.4) is 0 Å². The van der Waals surface area contributed by atoms with Crippen molar-refractivity contribution in [2.75, 3.05) is 0 Å². The zero-order chi connectivity index (χ0) is 13.2. The van der Waals surface area contributed by atoms with Gasteiger partial charge < -0.3 is 4.74 Å². The van der Waals surface area contributed by atoms with Gasteiger partial charge in [0.2, 0.25) is 5.78 Å². The molecule has 0 saturated heterocycles. The van der Waals surface area contributed by atoms with Crippen LogP contribution in [0.4, 0.5) is 13.2 Å². The number of halogens is 3. The van der Waals surface area contributed by atoms with E-state index in [-0.39, 0.29) is 10.6 Å². The predicted octanol–water partition coefficient (Wildman–Crippen LogP) is 3.27. The molecule has 1 aromatic heterocycles. The van der Waals surface area contributed by atoms with E-state index < -0.39 is 17.9 Å². The summed E-state index contributed by atoms with van der Waals surface area (Å²) in [6.07, 6.45) is -3.43. The molecule has 1 heterocycles. The average molecular weight is 273 g/mol. The number of benzene rings is 1. The molecule has 7 heteroatoms. The Morgan fingerprint density at radius 1 is 1.28 bits per heavy atom. The highest BCUT2D eigenvalue weighted by atomic mass is 32.1. The maximum atomic E-state index is 12.2. The molecule has 18 heavy (non-hydrogen) atoms. The van der Waals surface area contributed by atoms with Gasteiger partial charge in [0.25, 0.3) is 0 Å². The standard InChI is InChI=1S/C11H6F3NO2S/c12-11(13,14)17-8-4-2-1-3-7(8)9(16)10-15-5-6-18-10/h1-6H. The number of ether oxygens (including phenoxy) is 1. The number of carbonyl (C=O) groups is 1. The van der Waals surface area contributed by atoms with E-state index in [1.807, 2.05) is 0 Å². The molecule has 0 radical (unpaired) electrons. The molecule has 3 nitrogen and oxygen atoms in total. The Hall–Kier alpha value is -1.89. The molecule has 0 atom stereocenters. The van der Waals surface area contributed by atoms with Gasteiger partial charge in [0.1, 0.15) is 5.75 Å². The Balaban J connectivity index is 2.36. The summed E-state index contributed by atoms with van der Waals surface area (Å²) < 4.78 is 40.4. The molecule has 2 rings (SSSR count). The van der Waals surface area contributed by atoms with Crippen LogP contribution in [0.15, 0.2) is 35.8 Å². The smallest absolute Gasteiger partial charge is 0.405 e. The summed E-state index contributed by atoms with van der Waals surface area (Å²) in [4.78, 5) is 15.7. The van der Waals surface area contributed by atoms with Gasteiger partial charge in [-0.1, -0.05) is 12.1 Å². The van der Waals surface area contributed by atoms with Crippen LogP contribution in [0.5, 0.6) is 5.75 Å². The molecule has 2 aromatic rings. The number of nitrogens with zero attached hydrogens (tertiary/aromatic N) is 1. The highest BCUT2D eigenvalue weighted by Crippen LogP contribution is 2.28. The molecule has 1 aromatic carbocycles. The Labute approximate surface area is 104 Å². The number of thiazole rings is 1. The highest BCUT2D eigenvalue weighted by molar-refractivity contribution is 7.11. The number of hydrogen-bond donors (Lipinski definition) is 0. The molecular weight excluding hydrogens is 267 g/mol. The summed E-state index contributed by atoms with van der Waals surface area (Å²) in [7, 11) is 0. The molecule has 0 aliphatic heterocycles. The van der Waals surface area contributed by atoms with Crippen LogP contribution >= 0.6 is 11.3 Å². The Morgan fingerprint density at radius 2 is 2.00 bits per heavy atom. The minimum atomic E-state index is -4.83. The van der Waals surface area contributed by atoms with E-state index >= 15 is 0 Å². The van der Waals surface area contributed by atoms with Gasteiger partial charge in [-0.2, -0.15) is 0 Å². The molecule has 0 aliphatic carbocycles. The van der Waals surface area contributed by atoms with Crippen molar-refractivity contribution in [1.29, 1.82) is 0 Å². The Morgan fingerprint density at radius 3 is 2.61 bits per heavy atom. The molecule has 0 aliphatic rings. The second-order valence-electron chi connectivity index (χ2n) is 3.21. The van der Waals surface area contributed by atoms with Gasteiger partial charge in [-0.25, -0.2) is 4.98 Å². The van der Waals surface area contributed by atoms with Crippen molar-refractivity contribution >= 4 is 17.1 Å². The molecule has 0 amide bonds. The Kier molecular flexibility index (Phi) is 3.33. The Bertz CT molecular complexity index is 552. The van der Waals surface area contributed by atoms with E-state index in [1.165, 1.54) is 24.4 Å². The molecule has 0 saturated carbocycles.